The maximum Gasteiger partial charge on any atom is 0.109 e. The second-order valence-corrected chi connectivity index (χ2v) is 4.10. The molecule has 0 saturated heterocycles. The van der Waals surface area contributed by atoms with Crippen molar-refractivity contribution >= 4 is 11.3 Å². The number of rotatable bonds is 5. The van der Waals surface area contributed by atoms with Crippen molar-refractivity contribution < 1.29 is 5.11 Å². The van der Waals surface area contributed by atoms with Crippen molar-refractivity contribution in [2.75, 3.05) is 6.61 Å². The fraction of sp³-hybridized carbons (Fsp3) is 0.667. The lowest BCUT2D eigenvalue weighted by Gasteiger charge is -2.17. The van der Waals surface area contributed by atoms with Crippen LogP contribution in [0.4, 0.5) is 0 Å². The molecule has 0 aliphatic rings. The van der Waals surface area contributed by atoms with Gasteiger partial charge in [-0.25, -0.2) is 4.98 Å². The Hall–Kier alpha value is -0.450. The summed E-state index contributed by atoms with van der Waals surface area (Å²) in [7, 11) is 0. The Morgan fingerprint density at radius 1 is 1.62 bits per heavy atom. The van der Waals surface area contributed by atoms with Crippen molar-refractivity contribution in [2.24, 2.45) is 0 Å². The molecule has 1 rings (SSSR count). The van der Waals surface area contributed by atoms with Crippen molar-refractivity contribution in [2.45, 2.75) is 32.4 Å². The zero-order valence-corrected chi connectivity index (χ0v) is 8.84. The van der Waals surface area contributed by atoms with E-state index >= 15 is 0 Å². The summed E-state index contributed by atoms with van der Waals surface area (Å²) in [5.74, 6) is 0. The number of aromatic nitrogens is 1. The molecule has 0 aliphatic carbocycles. The Morgan fingerprint density at radius 3 is 2.92 bits per heavy atom. The Labute approximate surface area is 82.8 Å². The van der Waals surface area contributed by atoms with Crippen LogP contribution in [-0.2, 0) is 0 Å². The van der Waals surface area contributed by atoms with Gasteiger partial charge in [0.05, 0.1) is 6.04 Å². The van der Waals surface area contributed by atoms with E-state index in [2.05, 4.69) is 24.1 Å². The third-order valence-corrected chi connectivity index (χ3v) is 2.88. The topological polar surface area (TPSA) is 45.1 Å². The van der Waals surface area contributed by atoms with Crippen LogP contribution in [0.3, 0.4) is 0 Å². The van der Waals surface area contributed by atoms with E-state index in [4.69, 9.17) is 5.11 Å². The van der Waals surface area contributed by atoms with Crippen LogP contribution in [0.2, 0.25) is 0 Å². The first-order chi connectivity index (χ1) is 6.24. The molecule has 0 aliphatic heterocycles. The van der Waals surface area contributed by atoms with Crippen LogP contribution in [0.1, 0.15) is 31.3 Å². The van der Waals surface area contributed by atoms with Gasteiger partial charge in [0.25, 0.3) is 0 Å². The highest BCUT2D eigenvalue weighted by atomic mass is 32.1. The second kappa shape index (κ2) is 5.32. The number of aliphatic hydroxyl groups is 1. The van der Waals surface area contributed by atoms with Crippen molar-refractivity contribution in [3.8, 4) is 0 Å². The Kier molecular flexibility index (Phi) is 4.35. The molecule has 2 atom stereocenters. The highest BCUT2D eigenvalue weighted by Crippen LogP contribution is 2.15. The molecule has 0 radical (unpaired) electrons. The number of nitrogens with one attached hydrogen (secondary N) is 1. The molecule has 0 fully saturated rings. The Morgan fingerprint density at radius 2 is 2.38 bits per heavy atom. The zero-order valence-electron chi connectivity index (χ0n) is 8.03. The summed E-state index contributed by atoms with van der Waals surface area (Å²) >= 11 is 1.65. The first-order valence-corrected chi connectivity index (χ1v) is 5.38. The molecule has 2 N–H and O–H groups in total. The Balaban J connectivity index is 2.37. The predicted molar refractivity (Wildman–Crippen MR) is 54.8 cm³/mol. The molecule has 13 heavy (non-hydrogen) atoms. The van der Waals surface area contributed by atoms with Gasteiger partial charge in [0.15, 0.2) is 0 Å². The molecule has 3 nitrogen and oxygen atoms in total. The molecule has 0 saturated carbocycles. The van der Waals surface area contributed by atoms with Crippen molar-refractivity contribution in [3.05, 3.63) is 16.6 Å². The average Bonchev–Trinajstić information content (AvgIpc) is 2.55. The maximum atomic E-state index is 8.73. The van der Waals surface area contributed by atoms with Gasteiger partial charge >= 0.3 is 0 Å². The van der Waals surface area contributed by atoms with E-state index in [0.29, 0.717) is 6.04 Å². The number of aliphatic hydroxyl groups excluding tert-OH is 1. The predicted octanol–water partition coefficient (Wildman–Crippen LogP) is 1.56. The highest BCUT2D eigenvalue weighted by Gasteiger charge is 2.10. The van der Waals surface area contributed by atoms with Gasteiger partial charge in [-0.2, -0.15) is 0 Å². The van der Waals surface area contributed by atoms with E-state index in [1.165, 1.54) is 0 Å². The summed E-state index contributed by atoms with van der Waals surface area (Å²) in [6.45, 7) is 4.39. The maximum absolute atomic E-state index is 8.73. The minimum atomic E-state index is 0.235. The minimum Gasteiger partial charge on any atom is -0.396 e. The minimum absolute atomic E-state index is 0.235. The molecule has 0 bridgehead atoms. The molecule has 0 spiro atoms. The van der Waals surface area contributed by atoms with Crippen LogP contribution in [0.5, 0.6) is 0 Å². The van der Waals surface area contributed by atoms with Gasteiger partial charge in [-0.1, -0.05) is 0 Å². The van der Waals surface area contributed by atoms with Crippen LogP contribution < -0.4 is 5.32 Å². The quantitative estimate of drug-likeness (QED) is 0.758. The zero-order chi connectivity index (χ0) is 9.68. The lowest BCUT2D eigenvalue weighted by atomic mass is 10.2. The van der Waals surface area contributed by atoms with Crippen LogP contribution in [0.15, 0.2) is 11.6 Å². The van der Waals surface area contributed by atoms with E-state index in [1.807, 2.05) is 11.6 Å². The molecule has 1 aromatic rings. The van der Waals surface area contributed by atoms with E-state index in [0.717, 1.165) is 11.4 Å². The number of hydrogen-bond donors (Lipinski definition) is 2. The van der Waals surface area contributed by atoms with Gasteiger partial charge < -0.3 is 10.4 Å². The normalized spacial score (nSPS) is 15.6. The fourth-order valence-electron chi connectivity index (χ4n) is 1.22. The third kappa shape index (κ3) is 3.42. The molecule has 4 heteroatoms. The first-order valence-electron chi connectivity index (χ1n) is 4.50. The van der Waals surface area contributed by atoms with E-state index in [-0.39, 0.29) is 12.6 Å². The largest absolute Gasteiger partial charge is 0.396 e. The molecule has 0 amide bonds. The molecule has 0 aromatic carbocycles. The van der Waals surface area contributed by atoms with Gasteiger partial charge in [-0.15, -0.1) is 11.3 Å². The summed E-state index contributed by atoms with van der Waals surface area (Å²) in [6.07, 6.45) is 2.60. The molecule has 2 unspecified atom stereocenters. The van der Waals surface area contributed by atoms with Gasteiger partial charge in [0, 0.05) is 24.2 Å². The summed E-state index contributed by atoms with van der Waals surface area (Å²) in [6, 6.07) is 0.616. The van der Waals surface area contributed by atoms with Crippen molar-refractivity contribution in [3.63, 3.8) is 0 Å². The smallest absolute Gasteiger partial charge is 0.109 e. The number of hydrogen-bond acceptors (Lipinski definition) is 4. The Bertz CT molecular complexity index is 226. The number of thiazole rings is 1. The van der Waals surface area contributed by atoms with Crippen LogP contribution in [-0.4, -0.2) is 22.7 Å². The van der Waals surface area contributed by atoms with E-state index in [1.54, 1.807) is 11.3 Å². The molecule has 1 aromatic heterocycles. The summed E-state index contributed by atoms with van der Waals surface area (Å²) in [5.41, 5.74) is 0. The fourth-order valence-corrected chi connectivity index (χ4v) is 1.88. The SMILES string of the molecule is CC(CCO)NC(C)c1nccs1. The van der Waals surface area contributed by atoms with E-state index < -0.39 is 0 Å². The lowest BCUT2D eigenvalue weighted by molar-refractivity contribution is 0.264. The van der Waals surface area contributed by atoms with Gasteiger partial charge in [0.1, 0.15) is 5.01 Å². The van der Waals surface area contributed by atoms with E-state index in [9.17, 15) is 0 Å². The van der Waals surface area contributed by atoms with Gasteiger partial charge in [-0.3, -0.25) is 0 Å². The average molecular weight is 200 g/mol. The third-order valence-electron chi connectivity index (χ3n) is 1.92. The van der Waals surface area contributed by atoms with Crippen LogP contribution in [0, 0.1) is 0 Å². The molecule has 74 valence electrons. The summed E-state index contributed by atoms with van der Waals surface area (Å²) in [4.78, 5) is 4.22. The van der Waals surface area contributed by atoms with Crippen LogP contribution in [0.25, 0.3) is 0 Å². The highest BCUT2D eigenvalue weighted by molar-refractivity contribution is 7.09. The summed E-state index contributed by atoms with van der Waals surface area (Å²) in [5, 5.41) is 15.2. The van der Waals surface area contributed by atoms with Crippen molar-refractivity contribution in [1.82, 2.24) is 10.3 Å². The molecular formula is C9H16N2OS. The number of nitrogens with zero attached hydrogens (tertiary/aromatic N) is 1. The second-order valence-electron chi connectivity index (χ2n) is 3.17. The first kappa shape index (κ1) is 10.6. The standard InChI is InChI=1S/C9H16N2OS/c1-7(3-5-12)11-8(2)9-10-4-6-13-9/h4,6-8,11-12H,3,5H2,1-2H3. The van der Waals surface area contributed by atoms with Crippen molar-refractivity contribution in [1.29, 1.82) is 0 Å². The molecule has 1 heterocycles. The van der Waals surface area contributed by atoms with Crippen LogP contribution >= 0.6 is 11.3 Å². The molecular weight excluding hydrogens is 184 g/mol. The van der Waals surface area contributed by atoms with Gasteiger partial charge in [0.2, 0.25) is 0 Å². The monoisotopic (exact) mass is 200 g/mol. The lowest BCUT2D eigenvalue weighted by Crippen LogP contribution is -2.29. The summed E-state index contributed by atoms with van der Waals surface area (Å²) < 4.78 is 0. The van der Waals surface area contributed by atoms with Gasteiger partial charge in [-0.05, 0) is 20.3 Å².